The van der Waals surface area contributed by atoms with Crippen LogP contribution in [0.25, 0.3) is 0 Å². The monoisotopic (exact) mass is 199 g/mol. The van der Waals surface area contributed by atoms with Gasteiger partial charge in [-0.2, -0.15) is 0 Å². The van der Waals surface area contributed by atoms with Crippen molar-refractivity contribution in [3.63, 3.8) is 0 Å². The second-order valence-electron chi connectivity index (χ2n) is 3.88. The Kier molecular flexibility index (Phi) is 6.21. The fourth-order valence-corrected chi connectivity index (χ4v) is 1.14. The molecule has 3 nitrogen and oxygen atoms in total. The SMILES string of the molecule is CCC(C)C(C)NCC(C)=CC(=O)O. The van der Waals surface area contributed by atoms with Crippen LogP contribution in [0, 0.1) is 5.92 Å². The smallest absolute Gasteiger partial charge is 0.328 e. The van der Waals surface area contributed by atoms with E-state index in [1.165, 1.54) is 6.08 Å². The van der Waals surface area contributed by atoms with Crippen LogP contribution in [0.15, 0.2) is 11.6 Å². The third kappa shape index (κ3) is 5.75. The molecule has 0 aliphatic rings. The zero-order chi connectivity index (χ0) is 11.1. The minimum Gasteiger partial charge on any atom is -0.478 e. The Labute approximate surface area is 86.2 Å². The van der Waals surface area contributed by atoms with Crippen molar-refractivity contribution in [3.05, 3.63) is 11.6 Å². The first kappa shape index (κ1) is 13.2. The maximum atomic E-state index is 10.3. The van der Waals surface area contributed by atoms with Crippen LogP contribution in [0.3, 0.4) is 0 Å². The Bertz CT molecular complexity index is 211. The first-order valence-electron chi connectivity index (χ1n) is 5.10. The van der Waals surface area contributed by atoms with Gasteiger partial charge in [0.1, 0.15) is 0 Å². The molecule has 0 aromatic heterocycles. The molecule has 14 heavy (non-hydrogen) atoms. The molecule has 0 spiro atoms. The Morgan fingerprint density at radius 3 is 2.50 bits per heavy atom. The van der Waals surface area contributed by atoms with E-state index in [0.29, 0.717) is 18.5 Å². The first-order chi connectivity index (χ1) is 6.47. The number of rotatable bonds is 6. The lowest BCUT2D eigenvalue weighted by Crippen LogP contribution is -2.33. The van der Waals surface area contributed by atoms with Crippen LogP contribution in [0.1, 0.15) is 34.1 Å². The van der Waals surface area contributed by atoms with E-state index >= 15 is 0 Å². The number of hydrogen-bond acceptors (Lipinski definition) is 2. The maximum Gasteiger partial charge on any atom is 0.328 e. The van der Waals surface area contributed by atoms with E-state index in [-0.39, 0.29) is 0 Å². The van der Waals surface area contributed by atoms with Crippen molar-refractivity contribution in [3.8, 4) is 0 Å². The number of carbonyl (C=O) groups is 1. The fraction of sp³-hybridized carbons (Fsp3) is 0.727. The van der Waals surface area contributed by atoms with Crippen LogP contribution in [0.5, 0.6) is 0 Å². The van der Waals surface area contributed by atoms with Gasteiger partial charge in [-0.15, -0.1) is 0 Å². The molecule has 0 aliphatic heterocycles. The average molecular weight is 199 g/mol. The third-order valence-electron chi connectivity index (χ3n) is 2.57. The van der Waals surface area contributed by atoms with Crippen LogP contribution in [0.4, 0.5) is 0 Å². The topological polar surface area (TPSA) is 49.3 Å². The number of aliphatic carboxylic acids is 1. The van der Waals surface area contributed by atoms with Crippen molar-refractivity contribution in [2.24, 2.45) is 5.92 Å². The summed E-state index contributed by atoms with van der Waals surface area (Å²) in [5, 5.41) is 11.8. The second kappa shape index (κ2) is 6.60. The molecule has 0 aliphatic carbocycles. The van der Waals surface area contributed by atoms with Gasteiger partial charge in [0.25, 0.3) is 0 Å². The van der Waals surface area contributed by atoms with E-state index in [4.69, 9.17) is 5.11 Å². The van der Waals surface area contributed by atoms with E-state index in [1.807, 2.05) is 6.92 Å². The van der Waals surface area contributed by atoms with E-state index < -0.39 is 5.97 Å². The van der Waals surface area contributed by atoms with E-state index in [2.05, 4.69) is 26.1 Å². The van der Waals surface area contributed by atoms with Crippen molar-refractivity contribution in [2.45, 2.75) is 40.2 Å². The van der Waals surface area contributed by atoms with Crippen molar-refractivity contribution in [1.29, 1.82) is 0 Å². The van der Waals surface area contributed by atoms with Crippen LogP contribution < -0.4 is 5.32 Å². The largest absolute Gasteiger partial charge is 0.478 e. The average Bonchev–Trinajstić information content (AvgIpc) is 2.11. The molecule has 0 radical (unpaired) electrons. The molecule has 0 aromatic carbocycles. The summed E-state index contributed by atoms with van der Waals surface area (Å²) in [7, 11) is 0. The summed E-state index contributed by atoms with van der Waals surface area (Å²) in [6.45, 7) is 8.95. The number of carboxylic acid groups (broad SMARTS) is 1. The normalized spacial score (nSPS) is 16.4. The Morgan fingerprint density at radius 2 is 2.07 bits per heavy atom. The summed E-state index contributed by atoms with van der Waals surface area (Å²) in [5.74, 6) is -0.256. The Balaban J connectivity index is 3.88. The van der Waals surface area contributed by atoms with Crippen LogP contribution in [0.2, 0.25) is 0 Å². The van der Waals surface area contributed by atoms with Crippen molar-refractivity contribution in [2.75, 3.05) is 6.54 Å². The molecule has 0 saturated carbocycles. The van der Waals surface area contributed by atoms with E-state index in [1.54, 1.807) is 0 Å². The van der Waals surface area contributed by atoms with Crippen LogP contribution >= 0.6 is 0 Å². The van der Waals surface area contributed by atoms with Gasteiger partial charge in [0, 0.05) is 18.7 Å². The van der Waals surface area contributed by atoms with Gasteiger partial charge >= 0.3 is 5.97 Å². The summed E-state index contributed by atoms with van der Waals surface area (Å²) in [6.07, 6.45) is 2.38. The van der Waals surface area contributed by atoms with Crippen molar-refractivity contribution < 1.29 is 9.90 Å². The summed E-state index contributed by atoms with van der Waals surface area (Å²) in [6, 6.07) is 0.428. The standard InChI is InChI=1S/C11H21NO2/c1-5-9(3)10(4)12-7-8(2)6-11(13)14/h6,9-10,12H,5,7H2,1-4H3,(H,13,14). The van der Waals surface area contributed by atoms with Gasteiger partial charge in [-0.3, -0.25) is 0 Å². The molecule has 0 bridgehead atoms. The molecular formula is C11H21NO2. The lowest BCUT2D eigenvalue weighted by Gasteiger charge is -2.19. The van der Waals surface area contributed by atoms with E-state index in [9.17, 15) is 4.79 Å². The Morgan fingerprint density at radius 1 is 1.50 bits per heavy atom. The summed E-state index contributed by atoms with van der Waals surface area (Å²) < 4.78 is 0. The molecule has 0 amide bonds. The minimum absolute atomic E-state index is 0.428. The van der Waals surface area contributed by atoms with Crippen LogP contribution in [-0.2, 0) is 4.79 Å². The fourth-order valence-electron chi connectivity index (χ4n) is 1.14. The zero-order valence-corrected chi connectivity index (χ0v) is 9.50. The molecule has 0 heterocycles. The molecule has 0 fully saturated rings. The van der Waals surface area contributed by atoms with E-state index in [0.717, 1.165) is 12.0 Å². The van der Waals surface area contributed by atoms with Crippen molar-refractivity contribution >= 4 is 5.97 Å². The van der Waals surface area contributed by atoms with Gasteiger partial charge in [-0.05, 0) is 19.8 Å². The highest BCUT2D eigenvalue weighted by molar-refractivity contribution is 5.80. The minimum atomic E-state index is -0.875. The van der Waals surface area contributed by atoms with Gasteiger partial charge < -0.3 is 10.4 Å². The predicted molar refractivity (Wildman–Crippen MR) is 58.3 cm³/mol. The first-order valence-corrected chi connectivity index (χ1v) is 5.10. The highest BCUT2D eigenvalue weighted by Crippen LogP contribution is 2.06. The van der Waals surface area contributed by atoms with Crippen LogP contribution in [-0.4, -0.2) is 23.7 Å². The highest BCUT2D eigenvalue weighted by atomic mass is 16.4. The molecule has 2 atom stereocenters. The molecular weight excluding hydrogens is 178 g/mol. The summed E-state index contributed by atoms with van der Waals surface area (Å²) in [4.78, 5) is 10.3. The molecule has 3 heteroatoms. The quantitative estimate of drug-likeness (QED) is 0.644. The molecule has 0 aromatic rings. The third-order valence-corrected chi connectivity index (χ3v) is 2.57. The predicted octanol–water partition coefficient (Wildman–Crippen LogP) is 2.04. The van der Waals surface area contributed by atoms with Gasteiger partial charge in [-0.25, -0.2) is 4.79 Å². The number of carboxylic acids is 1. The second-order valence-corrected chi connectivity index (χ2v) is 3.88. The summed E-state index contributed by atoms with van der Waals surface area (Å²) in [5.41, 5.74) is 0.854. The van der Waals surface area contributed by atoms with Gasteiger partial charge in [0.15, 0.2) is 0 Å². The Hall–Kier alpha value is -0.830. The summed E-state index contributed by atoms with van der Waals surface area (Å²) >= 11 is 0. The molecule has 0 rings (SSSR count). The van der Waals surface area contributed by atoms with Gasteiger partial charge in [0.2, 0.25) is 0 Å². The number of nitrogens with one attached hydrogen (secondary N) is 1. The zero-order valence-electron chi connectivity index (χ0n) is 9.50. The van der Waals surface area contributed by atoms with Gasteiger partial charge in [0.05, 0.1) is 0 Å². The molecule has 82 valence electrons. The van der Waals surface area contributed by atoms with Crippen molar-refractivity contribution in [1.82, 2.24) is 5.32 Å². The highest BCUT2D eigenvalue weighted by Gasteiger charge is 2.08. The lowest BCUT2D eigenvalue weighted by molar-refractivity contribution is -0.131. The molecule has 2 N–H and O–H groups in total. The molecule has 0 saturated heterocycles. The van der Waals surface area contributed by atoms with Gasteiger partial charge in [-0.1, -0.05) is 25.8 Å². The number of hydrogen-bond donors (Lipinski definition) is 2. The lowest BCUT2D eigenvalue weighted by atomic mass is 10.0. The maximum absolute atomic E-state index is 10.3. The molecule has 2 unspecified atom stereocenters.